The zero-order valence-corrected chi connectivity index (χ0v) is 13.8. The van der Waals surface area contributed by atoms with Crippen LogP contribution in [0, 0.1) is 0 Å². The molecule has 0 unspecified atom stereocenters. The Morgan fingerprint density at radius 2 is 1.54 bits per heavy atom. The molecular weight excluding hydrogens is 336 g/mol. The Bertz CT molecular complexity index is 832. The third-order valence-electron chi connectivity index (χ3n) is 3.92. The molecule has 3 rings (SSSR count). The molecule has 2 heterocycles. The molecule has 26 heavy (non-hydrogen) atoms. The lowest BCUT2D eigenvalue weighted by atomic mass is 10.1. The molecule has 0 saturated carbocycles. The summed E-state index contributed by atoms with van der Waals surface area (Å²) in [4.78, 5) is 52.9. The Hall–Kier alpha value is -3.55. The van der Waals surface area contributed by atoms with Gasteiger partial charge < -0.3 is 0 Å². The minimum Gasteiger partial charge on any atom is -0.274 e. The van der Waals surface area contributed by atoms with Crippen LogP contribution in [-0.2, 0) is 4.79 Å². The second-order valence-electron chi connectivity index (χ2n) is 5.65. The normalized spacial score (nSPS) is 12.7. The first-order chi connectivity index (χ1) is 12.6. The first-order valence-electron chi connectivity index (χ1n) is 8.02. The molecule has 8 heteroatoms. The molecule has 0 fully saturated rings. The van der Waals surface area contributed by atoms with E-state index in [0.29, 0.717) is 23.1 Å². The van der Waals surface area contributed by atoms with E-state index in [4.69, 9.17) is 0 Å². The number of nitrogens with one attached hydrogen (secondary N) is 2. The van der Waals surface area contributed by atoms with E-state index in [0.717, 1.165) is 4.90 Å². The highest BCUT2D eigenvalue weighted by Crippen LogP contribution is 2.22. The lowest BCUT2D eigenvalue weighted by molar-refractivity contribution is -0.122. The maximum Gasteiger partial charge on any atom is 0.269 e. The van der Waals surface area contributed by atoms with Crippen molar-refractivity contribution >= 4 is 23.6 Å². The summed E-state index contributed by atoms with van der Waals surface area (Å²) in [5.74, 6) is -1.57. The minimum absolute atomic E-state index is 0.0596. The number of benzene rings is 1. The standard InChI is InChI=1S/C18H16N4O4/c23-15(20-21-16(24)12-7-9-19-10-8-12)6-3-11-22-17(25)13-4-1-2-5-14(13)18(22)26/h1-2,4-5,7-10H,3,6,11H2,(H,20,23)(H,21,24). The number of imide groups is 1. The topological polar surface area (TPSA) is 108 Å². The van der Waals surface area contributed by atoms with Crippen LogP contribution in [0.2, 0.25) is 0 Å². The zero-order chi connectivity index (χ0) is 18.5. The Labute approximate surface area is 149 Å². The second kappa shape index (κ2) is 7.56. The molecular formula is C18H16N4O4. The van der Waals surface area contributed by atoms with E-state index in [1.165, 1.54) is 24.5 Å². The number of hydrogen-bond acceptors (Lipinski definition) is 5. The number of carbonyl (C=O) groups excluding carboxylic acids is 4. The molecule has 0 aliphatic carbocycles. The molecule has 0 saturated heterocycles. The second-order valence-corrected chi connectivity index (χ2v) is 5.65. The predicted molar refractivity (Wildman–Crippen MR) is 90.9 cm³/mol. The molecule has 0 spiro atoms. The number of fused-ring (bicyclic) bond motifs is 1. The van der Waals surface area contributed by atoms with Gasteiger partial charge >= 0.3 is 0 Å². The zero-order valence-electron chi connectivity index (χ0n) is 13.8. The van der Waals surface area contributed by atoms with E-state index in [1.807, 2.05) is 0 Å². The lowest BCUT2D eigenvalue weighted by Gasteiger charge is -2.13. The Kier molecular flexibility index (Phi) is 5.02. The highest BCUT2D eigenvalue weighted by Gasteiger charge is 2.34. The van der Waals surface area contributed by atoms with Gasteiger partial charge in [0.25, 0.3) is 17.7 Å². The van der Waals surface area contributed by atoms with Crippen molar-refractivity contribution in [1.82, 2.24) is 20.7 Å². The molecule has 0 atom stereocenters. The fraction of sp³-hybridized carbons (Fsp3) is 0.167. The average Bonchev–Trinajstić information content (AvgIpc) is 2.92. The summed E-state index contributed by atoms with van der Waals surface area (Å²) in [6.07, 6.45) is 3.30. The first-order valence-corrected chi connectivity index (χ1v) is 8.02. The molecule has 1 aliphatic heterocycles. The van der Waals surface area contributed by atoms with Crippen molar-refractivity contribution in [1.29, 1.82) is 0 Å². The van der Waals surface area contributed by atoms with Crippen LogP contribution in [-0.4, -0.2) is 40.1 Å². The Morgan fingerprint density at radius 1 is 0.923 bits per heavy atom. The lowest BCUT2D eigenvalue weighted by Crippen LogP contribution is -2.42. The summed E-state index contributed by atoms with van der Waals surface area (Å²) in [5.41, 5.74) is 5.72. The SMILES string of the molecule is O=C(CCCN1C(=O)c2ccccc2C1=O)NNC(=O)c1ccncc1. The molecule has 0 radical (unpaired) electrons. The summed E-state index contributed by atoms with van der Waals surface area (Å²) in [7, 11) is 0. The van der Waals surface area contributed by atoms with Crippen LogP contribution in [0.15, 0.2) is 48.8 Å². The van der Waals surface area contributed by atoms with Crippen molar-refractivity contribution in [3.63, 3.8) is 0 Å². The van der Waals surface area contributed by atoms with Gasteiger partial charge in [-0.2, -0.15) is 0 Å². The van der Waals surface area contributed by atoms with Crippen molar-refractivity contribution in [3.8, 4) is 0 Å². The fourth-order valence-electron chi connectivity index (χ4n) is 2.60. The van der Waals surface area contributed by atoms with E-state index in [2.05, 4.69) is 15.8 Å². The third kappa shape index (κ3) is 3.59. The van der Waals surface area contributed by atoms with Crippen LogP contribution in [0.1, 0.15) is 43.9 Å². The monoisotopic (exact) mass is 352 g/mol. The molecule has 132 valence electrons. The summed E-state index contributed by atoms with van der Waals surface area (Å²) in [6.45, 7) is 0.137. The average molecular weight is 352 g/mol. The highest BCUT2D eigenvalue weighted by molar-refractivity contribution is 6.21. The molecule has 2 N–H and O–H groups in total. The number of hydrogen-bond donors (Lipinski definition) is 2. The van der Waals surface area contributed by atoms with Gasteiger partial charge in [0.2, 0.25) is 5.91 Å². The van der Waals surface area contributed by atoms with Gasteiger partial charge in [0, 0.05) is 30.9 Å². The van der Waals surface area contributed by atoms with E-state index < -0.39 is 11.8 Å². The van der Waals surface area contributed by atoms with Gasteiger partial charge in [-0.15, -0.1) is 0 Å². The molecule has 1 aromatic heterocycles. The van der Waals surface area contributed by atoms with Crippen molar-refractivity contribution in [2.24, 2.45) is 0 Å². The highest BCUT2D eigenvalue weighted by atomic mass is 16.2. The van der Waals surface area contributed by atoms with Crippen LogP contribution >= 0.6 is 0 Å². The van der Waals surface area contributed by atoms with Gasteiger partial charge in [-0.1, -0.05) is 12.1 Å². The number of aromatic nitrogens is 1. The summed E-state index contributed by atoms with van der Waals surface area (Å²) in [5, 5.41) is 0. The molecule has 2 aromatic rings. The maximum absolute atomic E-state index is 12.2. The predicted octanol–water partition coefficient (Wildman–Crippen LogP) is 0.919. The summed E-state index contributed by atoms with van der Waals surface area (Å²) >= 11 is 0. The number of amides is 4. The molecule has 0 bridgehead atoms. The number of rotatable bonds is 5. The van der Waals surface area contributed by atoms with Crippen LogP contribution in [0.4, 0.5) is 0 Å². The number of hydrazine groups is 1. The fourth-order valence-corrected chi connectivity index (χ4v) is 2.60. The van der Waals surface area contributed by atoms with Gasteiger partial charge in [0.05, 0.1) is 11.1 Å². The van der Waals surface area contributed by atoms with Crippen molar-refractivity contribution in [2.45, 2.75) is 12.8 Å². The third-order valence-corrected chi connectivity index (χ3v) is 3.92. The quantitative estimate of drug-likeness (QED) is 0.614. The van der Waals surface area contributed by atoms with Gasteiger partial charge in [0.1, 0.15) is 0 Å². The number of pyridine rings is 1. The summed E-state index contributed by atoms with van der Waals surface area (Å²) < 4.78 is 0. The Morgan fingerprint density at radius 3 is 2.15 bits per heavy atom. The van der Waals surface area contributed by atoms with Gasteiger partial charge in [-0.25, -0.2) is 0 Å². The first kappa shape index (κ1) is 17.3. The molecule has 1 aliphatic rings. The van der Waals surface area contributed by atoms with Gasteiger partial charge in [0.15, 0.2) is 0 Å². The van der Waals surface area contributed by atoms with Crippen molar-refractivity contribution < 1.29 is 19.2 Å². The van der Waals surface area contributed by atoms with Crippen LogP contribution < -0.4 is 10.9 Å². The molecule has 1 aromatic carbocycles. The maximum atomic E-state index is 12.2. The van der Waals surface area contributed by atoms with E-state index >= 15 is 0 Å². The number of carbonyl (C=O) groups is 4. The van der Waals surface area contributed by atoms with Crippen LogP contribution in [0.3, 0.4) is 0 Å². The van der Waals surface area contributed by atoms with Crippen LogP contribution in [0.5, 0.6) is 0 Å². The van der Waals surface area contributed by atoms with Crippen molar-refractivity contribution in [2.75, 3.05) is 6.54 Å². The van der Waals surface area contributed by atoms with Gasteiger partial charge in [-0.05, 0) is 30.7 Å². The molecule has 8 nitrogen and oxygen atoms in total. The largest absolute Gasteiger partial charge is 0.274 e. The van der Waals surface area contributed by atoms with Crippen molar-refractivity contribution in [3.05, 3.63) is 65.5 Å². The van der Waals surface area contributed by atoms with E-state index in [-0.39, 0.29) is 24.8 Å². The smallest absolute Gasteiger partial charge is 0.269 e. The van der Waals surface area contributed by atoms with E-state index in [1.54, 1.807) is 24.3 Å². The van der Waals surface area contributed by atoms with Gasteiger partial charge in [-0.3, -0.25) is 39.9 Å². The van der Waals surface area contributed by atoms with E-state index in [9.17, 15) is 19.2 Å². The Balaban J connectivity index is 1.44. The summed E-state index contributed by atoms with van der Waals surface area (Å²) in [6, 6.07) is 9.65. The number of nitrogens with zero attached hydrogens (tertiary/aromatic N) is 2. The van der Waals surface area contributed by atoms with Crippen LogP contribution in [0.25, 0.3) is 0 Å². The minimum atomic E-state index is -0.457. The molecule has 4 amide bonds.